The van der Waals surface area contributed by atoms with Gasteiger partial charge in [-0.3, -0.25) is 9.59 Å². The summed E-state index contributed by atoms with van der Waals surface area (Å²) in [6.07, 6.45) is -3.10. The highest BCUT2D eigenvalue weighted by molar-refractivity contribution is 6.32. The molecule has 1 unspecified atom stereocenters. The molecule has 59 heavy (non-hydrogen) atoms. The number of rotatable bonds is 15. The van der Waals surface area contributed by atoms with E-state index in [4.69, 9.17) is 21.1 Å². The second-order valence-corrected chi connectivity index (χ2v) is 16.7. The first-order chi connectivity index (χ1) is 28.0. The van der Waals surface area contributed by atoms with Crippen LogP contribution in [0.1, 0.15) is 62.1 Å². The van der Waals surface area contributed by atoms with Gasteiger partial charge < -0.3 is 44.4 Å². The van der Waals surface area contributed by atoms with Crippen molar-refractivity contribution in [1.29, 1.82) is 0 Å². The normalized spacial score (nSPS) is 18.2. The number of alkyl halides is 3. The predicted molar refractivity (Wildman–Crippen MR) is 217 cm³/mol. The van der Waals surface area contributed by atoms with Crippen LogP contribution >= 0.6 is 11.6 Å². The number of aromatic hydroxyl groups is 1. The van der Waals surface area contributed by atoms with Crippen molar-refractivity contribution in [3.05, 3.63) is 58.1 Å². The number of para-hydroxylation sites is 1. The second kappa shape index (κ2) is 20.8. The summed E-state index contributed by atoms with van der Waals surface area (Å²) in [7, 11) is 5.42. The smallest absolute Gasteiger partial charge is 0.420 e. The van der Waals surface area contributed by atoms with Crippen molar-refractivity contribution in [1.82, 2.24) is 24.5 Å². The van der Waals surface area contributed by atoms with E-state index >= 15 is 0 Å². The number of benzene rings is 2. The zero-order valence-electron chi connectivity index (χ0n) is 34.4. The maximum absolute atomic E-state index is 14.0. The summed E-state index contributed by atoms with van der Waals surface area (Å²) in [6.45, 7) is 6.84. The third-order valence-electron chi connectivity index (χ3n) is 11.8. The fourth-order valence-corrected chi connectivity index (χ4v) is 8.32. The van der Waals surface area contributed by atoms with Gasteiger partial charge in [-0.05, 0) is 107 Å². The van der Waals surface area contributed by atoms with Crippen molar-refractivity contribution >= 4 is 41.3 Å². The second-order valence-electron chi connectivity index (χ2n) is 16.3. The number of urea groups is 1. The third-order valence-corrected chi connectivity index (χ3v) is 12.1. The first-order valence-corrected chi connectivity index (χ1v) is 20.8. The fourth-order valence-electron chi connectivity index (χ4n) is 8.08. The van der Waals surface area contributed by atoms with Gasteiger partial charge in [-0.15, -0.1) is 0 Å². The van der Waals surface area contributed by atoms with Crippen molar-refractivity contribution in [2.45, 2.75) is 76.6 Å². The standard InChI is InChI=1S/C42H58ClF3N6O7/c1-28(30-10-17-50(18-11-30)19-15-37(53)58-24-23-48(2)3)9-16-49(4)39(55)36(27-29-25-33(42(44,45)46)38(54)34(43)26-29)59-41(57)51-20-13-32(14-21-51)52-22-12-31-7-5-6-8-35(31)47-40(52)56/h5-8,25-26,28,30,32,36,54H,9-24,27H2,1-4H3,(H,47,56)/t28?,36-/m1/s1. The van der Waals surface area contributed by atoms with Crippen molar-refractivity contribution in [2.75, 3.05) is 85.4 Å². The number of amides is 4. The van der Waals surface area contributed by atoms with Gasteiger partial charge in [0.1, 0.15) is 12.4 Å². The Balaban J connectivity index is 1.17. The molecule has 0 radical (unpaired) electrons. The summed E-state index contributed by atoms with van der Waals surface area (Å²) >= 11 is 6.01. The number of phenolic OH excluding ortho intramolecular Hbond substituents is 1. The first kappa shape index (κ1) is 45.8. The van der Waals surface area contributed by atoms with Crippen LogP contribution in [-0.2, 0) is 38.1 Å². The molecule has 326 valence electrons. The molecule has 3 aliphatic heterocycles. The first-order valence-electron chi connectivity index (χ1n) is 20.5. The van der Waals surface area contributed by atoms with Gasteiger partial charge in [0.25, 0.3) is 5.91 Å². The molecule has 4 amide bonds. The quantitative estimate of drug-likeness (QED) is 0.197. The van der Waals surface area contributed by atoms with E-state index in [1.165, 1.54) is 9.80 Å². The molecule has 2 aromatic carbocycles. The van der Waals surface area contributed by atoms with Gasteiger partial charge in [0.15, 0.2) is 6.10 Å². The minimum atomic E-state index is -4.92. The lowest BCUT2D eigenvalue weighted by atomic mass is 9.83. The summed E-state index contributed by atoms with van der Waals surface area (Å²) in [4.78, 5) is 61.8. The van der Waals surface area contributed by atoms with Crippen LogP contribution in [0.4, 0.5) is 28.4 Å². The van der Waals surface area contributed by atoms with Crippen molar-refractivity contribution < 1.29 is 46.9 Å². The molecule has 17 heteroatoms. The summed E-state index contributed by atoms with van der Waals surface area (Å²) in [6, 6.07) is 9.15. The van der Waals surface area contributed by atoms with Crippen molar-refractivity contribution in [2.24, 2.45) is 11.8 Å². The number of phenols is 1. The number of hydrogen-bond acceptors (Lipinski definition) is 9. The Labute approximate surface area is 349 Å². The number of likely N-dealkylation sites (N-methyl/N-ethyl adjacent to an activating group) is 2. The number of piperidine rings is 2. The van der Waals surface area contributed by atoms with Gasteiger partial charge in [-0.25, -0.2) is 9.59 Å². The van der Waals surface area contributed by atoms with Gasteiger partial charge in [-0.2, -0.15) is 13.2 Å². The number of fused-ring (bicyclic) bond motifs is 1. The topological polar surface area (TPSA) is 135 Å². The summed E-state index contributed by atoms with van der Waals surface area (Å²) in [5, 5.41) is 12.5. The monoisotopic (exact) mass is 850 g/mol. The minimum Gasteiger partial charge on any atom is -0.506 e. The maximum atomic E-state index is 14.0. The van der Waals surface area contributed by atoms with E-state index in [1.54, 1.807) is 11.9 Å². The molecule has 2 N–H and O–H groups in total. The number of ether oxygens (including phenoxy) is 2. The highest BCUT2D eigenvalue weighted by atomic mass is 35.5. The summed E-state index contributed by atoms with van der Waals surface area (Å²) in [5.41, 5.74) is 0.431. The Morgan fingerprint density at radius 3 is 2.37 bits per heavy atom. The molecule has 2 atom stereocenters. The Hall–Kier alpha value is -4.28. The molecule has 0 spiro atoms. The molecule has 3 aliphatic rings. The third kappa shape index (κ3) is 12.9. The van der Waals surface area contributed by atoms with Gasteiger partial charge in [0, 0.05) is 64.5 Å². The lowest BCUT2D eigenvalue weighted by Gasteiger charge is -2.38. The molecule has 3 heterocycles. The van der Waals surface area contributed by atoms with Crippen LogP contribution < -0.4 is 5.32 Å². The average Bonchev–Trinajstić information content (AvgIpc) is 3.37. The van der Waals surface area contributed by atoms with Crippen LogP contribution in [0.5, 0.6) is 5.75 Å². The van der Waals surface area contributed by atoms with E-state index in [9.17, 15) is 37.5 Å². The van der Waals surface area contributed by atoms with Crippen molar-refractivity contribution in [3.63, 3.8) is 0 Å². The maximum Gasteiger partial charge on any atom is 0.420 e. The highest BCUT2D eigenvalue weighted by Gasteiger charge is 2.38. The predicted octanol–water partition coefficient (Wildman–Crippen LogP) is 6.36. The number of esters is 1. The van der Waals surface area contributed by atoms with Crippen LogP contribution in [0, 0.1) is 11.8 Å². The molecule has 5 rings (SSSR count). The van der Waals surface area contributed by atoms with E-state index in [2.05, 4.69) is 17.1 Å². The summed E-state index contributed by atoms with van der Waals surface area (Å²) < 4.78 is 52.6. The van der Waals surface area contributed by atoms with E-state index in [1.807, 2.05) is 43.3 Å². The van der Waals surface area contributed by atoms with Gasteiger partial charge >= 0.3 is 24.3 Å². The van der Waals surface area contributed by atoms with Crippen LogP contribution in [0.2, 0.25) is 5.02 Å². The summed E-state index contributed by atoms with van der Waals surface area (Å²) in [5.74, 6) is -1.26. The molecular weight excluding hydrogens is 793 g/mol. The van der Waals surface area contributed by atoms with Crippen LogP contribution in [0.3, 0.4) is 0 Å². The molecule has 0 saturated carbocycles. The number of likely N-dealkylation sites (tertiary alicyclic amines) is 2. The zero-order chi connectivity index (χ0) is 42.9. The highest BCUT2D eigenvalue weighted by Crippen LogP contribution is 2.41. The molecule has 0 bridgehead atoms. The molecule has 13 nitrogen and oxygen atoms in total. The number of hydrogen-bond donors (Lipinski definition) is 2. The van der Waals surface area contributed by atoms with Gasteiger partial charge in [0.05, 0.1) is 17.0 Å². The SMILES string of the molecule is CC(CCN(C)C(=O)[C@@H](Cc1cc(Cl)c(O)c(C(F)(F)F)c1)OC(=O)N1CCC(N2CCc3ccccc3NC2=O)CC1)C1CCN(CCC(=O)OCCN(C)C)CC1. The Kier molecular flexibility index (Phi) is 16.1. The van der Waals surface area contributed by atoms with E-state index in [-0.39, 0.29) is 42.6 Å². The lowest BCUT2D eigenvalue weighted by molar-refractivity contribution is -0.144. The Bertz CT molecular complexity index is 1770. The van der Waals surface area contributed by atoms with Crippen LogP contribution in [-0.4, -0.2) is 146 Å². The van der Waals surface area contributed by atoms with E-state index in [0.29, 0.717) is 76.9 Å². The van der Waals surface area contributed by atoms with Crippen LogP contribution in [0.25, 0.3) is 0 Å². The number of anilines is 1. The average molecular weight is 851 g/mol. The largest absolute Gasteiger partial charge is 0.506 e. The number of carbonyl (C=O) groups excluding carboxylic acids is 4. The van der Waals surface area contributed by atoms with E-state index in [0.717, 1.165) is 43.2 Å². The molecule has 0 aliphatic carbocycles. The van der Waals surface area contributed by atoms with Gasteiger partial charge in [-0.1, -0.05) is 36.7 Å². The number of nitrogens with one attached hydrogen (secondary N) is 1. The zero-order valence-corrected chi connectivity index (χ0v) is 35.2. The lowest BCUT2D eigenvalue weighted by Crippen LogP contribution is -2.51. The molecule has 2 aromatic rings. The number of nitrogens with zero attached hydrogens (tertiary/aromatic N) is 5. The van der Waals surface area contributed by atoms with Crippen LogP contribution in [0.15, 0.2) is 36.4 Å². The molecule has 2 fully saturated rings. The molecule has 2 saturated heterocycles. The Morgan fingerprint density at radius 2 is 1.69 bits per heavy atom. The molecular formula is C42H58ClF3N6O7. The molecule has 0 aromatic heterocycles. The van der Waals surface area contributed by atoms with Crippen molar-refractivity contribution in [3.8, 4) is 5.75 Å². The van der Waals surface area contributed by atoms with E-state index < -0.39 is 47.0 Å². The number of carbonyl (C=O) groups is 4. The minimum absolute atomic E-state index is 0.0338. The number of halogens is 4. The Morgan fingerprint density at radius 1 is 1.00 bits per heavy atom. The van der Waals surface area contributed by atoms with Gasteiger partial charge in [0.2, 0.25) is 0 Å². The fraction of sp³-hybridized carbons (Fsp3) is 0.619.